The number of nitrogens with zero attached hydrogens (tertiary/aromatic N) is 1. The summed E-state index contributed by atoms with van der Waals surface area (Å²) >= 11 is 2.02. The number of hydrogen-bond acceptors (Lipinski definition) is 6. The van der Waals surface area contributed by atoms with Crippen LogP contribution in [0.2, 0.25) is 0 Å². The van der Waals surface area contributed by atoms with Gasteiger partial charge >= 0.3 is 5.97 Å². The van der Waals surface area contributed by atoms with Crippen LogP contribution in [0.5, 0.6) is 0 Å². The van der Waals surface area contributed by atoms with E-state index in [4.69, 9.17) is 0 Å². The summed E-state index contributed by atoms with van der Waals surface area (Å²) in [6, 6.07) is 8.16. The van der Waals surface area contributed by atoms with E-state index in [0.29, 0.717) is 78.4 Å². The Labute approximate surface area is 346 Å². The molecule has 1 aromatic rings. The van der Waals surface area contributed by atoms with Crippen molar-refractivity contribution in [3.63, 3.8) is 0 Å². The molecule has 312 valence electrons. The zero-order valence-corrected chi connectivity index (χ0v) is 36.6. The van der Waals surface area contributed by atoms with Gasteiger partial charge in [-0.3, -0.25) is 24.1 Å². The Balaban J connectivity index is 0.936. The molecule has 6 aliphatic carbocycles. The number of carbonyl (C=O) groups excluding carboxylic acids is 3. The molecule has 7 nitrogen and oxygen atoms in total. The molecule has 1 heterocycles. The average molecular weight is 799 g/mol. The van der Waals surface area contributed by atoms with Gasteiger partial charge in [0.25, 0.3) is 5.91 Å². The third-order valence-electron chi connectivity index (χ3n) is 18.1. The predicted octanol–water partition coefficient (Wildman–Crippen LogP) is 9.49. The highest BCUT2D eigenvalue weighted by Gasteiger charge is 2.64. The monoisotopic (exact) mass is 799 g/mol. The minimum atomic E-state index is -0.753. The number of ketones is 2. The molecule has 0 spiro atoms. The Morgan fingerprint density at radius 2 is 1.58 bits per heavy atom. The van der Waals surface area contributed by atoms with Crippen LogP contribution in [0.4, 0.5) is 0 Å². The van der Waals surface area contributed by atoms with Crippen LogP contribution in [-0.2, 0) is 20.9 Å². The summed E-state index contributed by atoms with van der Waals surface area (Å²) in [6.07, 6.45) is 11.8. The molecule has 7 aliphatic rings. The quantitative estimate of drug-likeness (QED) is 0.230. The summed E-state index contributed by atoms with van der Waals surface area (Å²) in [7, 11) is 0. The van der Waals surface area contributed by atoms with Gasteiger partial charge in [-0.05, 0) is 146 Å². The normalized spacial score (nSPS) is 40.4. The Hall–Kier alpha value is -2.45. The summed E-state index contributed by atoms with van der Waals surface area (Å²) < 4.78 is 0. The first-order valence-electron chi connectivity index (χ1n) is 22.9. The smallest absolute Gasteiger partial charge is 0.306 e. The summed E-state index contributed by atoms with van der Waals surface area (Å²) in [5, 5.41) is 12.8. The first kappa shape index (κ1) is 41.3. The van der Waals surface area contributed by atoms with Crippen LogP contribution in [0.3, 0.4) is 0 Å². The second kappa shape index (κ2) is 15.9. The molecule has 1 saturated heterocycles. The minimum absolute atomic E-state index is 0.0179. The number of carboxylic acid groups (broad SMARTS) is 1. The molecule has 0 bridgehead atoms. The Morgan fingerprint density at radius 1 is 0.895 bits per heavy atom. The van der Waals surface area contributed by atoms with Gasteiger partial charge in [0, 0.05) is 67.4 Å². The SMILES string of the molecule is CC(C)C1=C2C3CCC4C(C)(CCC5C(C)C(CC(=O)C6CC(C(=O)O)C6C)CCC54C)C3CCC2(CCNC(=O)c2ccc(CN3CCSCC3)cc2)CC1=O. The van der Waals surface area contributed by atoms with E-state index in [1.807, 2.05) is 30.8 Å². The van der Waals surface area contributed by atoms with Crippen LogP contribution < -0.4 is 5.32 Å². The lowest BCUT2D eigenvalue weighted by Crippen LogP contribution is -2.60. The fraction of sp³-hybridized carbons (Fsp3) is 0.755. The summed E-state index contributed by atoms with van der Waals surface area (Å²) in [6.45, 7) is 17.8. The number of amides is 1. The Kier molecular flexibility index (Phi) is 11.5. The number of thioether (sulfide) groups is 1. The van der Waals surface area contributed by atoms with E-state index in [2.05, 4.69) is 57.0 Å². The summed E-state index contributed by atoms with van der Waals surface area (Å²) in [4.78, 5) is 55.0. The van der Waals surface area contributed by atoms with Crippen LogP contribution >= 0.6 is 11.8 Å². The number of hydrogen-bond donors (Lipinski definition) is 2. The van der Waals surface area contributed by atoms with Gasteiger partial charge in [0.15, 0.2) is 5.78 Å². The van der Waals surface area contributed by atoms with E-state index in [1.165, 1.54) is 48.3 Å². The van der Waals surface area contributed by atoms with E-state index >= 15 is 0 Å². The first-order valence-corrected chi connectivity index (χ1v) is 24.0. The second-order valence-corrected chi connectivity index (χ2v) is 22.2. The topological polar surface area (TPSA) is 104 Å². The molecule has 12 unspecified atom stereocenters. The van der Waals surface area contributed by atoms with Gasteiger partial charge in [0.05, 0.1) is 5.92 Å². The summed E-state index contributed by atoms with van der Waals surface area (Å²) in [5.41, 5.74) is 4.91. The van der Waals surface area contributed by atoms with E-state index < -0.39 is 5.97 Å². The third-order valence-corrected chi connectivity index (χ3v) is 19.0. The molecule has 12 atom stereocenters. The molecule has 0 radical (unpaired) electrons. The van der Waals surface area contributed by atoms with E-state index in [9.17, 15) is 24.3 Å². The average Bonchev–Trinajstić information content (AvgIpc) is 3.48. The highest BCUT2D eigenvalue weighted by atomic mass is 32.2. The third kappa shape index (κ3) is 7.20. The van der Waals surface area contributed by atoms with Gasteiger partial charge in [-0.1, -0.05) is 59.2 Å². The number of aliphatic carboxylic acids is 1. The van der Waals surface area contributed by atoms with Crippen LogP contribution in [0, 0.1) is 75.4 Å². The maximum Gasteiger partial charge on any atom is 0.306 e. The molecule has 1 aromatic carbocycles. The molecule has 2 N–H and O–H groups in total. The van der Waals surface area contributed by atoms with Gasteiger partial charge in [-0.25, -0.2) is 0 Å². The highest BCUT2D eigenvalue weighted by Crippen LogP contribution is 2.72. The fourth-order valence-electron chi connectivity index (χ4n) is 15.0. The number of Topliss-reactive ketones (excluding diaryl/α,β-unsaturated/α-hetero) is 2. The van der Waals surface area contributed by atoms with Gasteiger partial charge in [-0.15, -0.1) is 0 Å². The van der Waals surface area contributed by atoms with Crippen molar-refractivity contribution >= 4 is 35.2 Å². The van der Waals surface area contributed by atoms with Crippen molar-refractivity contribution < 1.29 is 24.3 Å². The van der Waals surface area contributed by atoms with Crippen LogP contribution in [0.25, 0.3) is 0 Å². The van der Waals surface area contributed by atoms with Crippen molar-refractivity contribution in [3.8, 4) is 0 Å². The standard InChI is InChI=1S/C49H70N2O5S/c1-29(2)43-41(53)27-49(19-20-50-45(54)33-9-7-32(8-10-33)28-51-21-23-57-24-22-51)18-15-39-35(44(43)49)11-12-42-47(5)16-13-34(30(3)38(47)14-17-48(39,42)6)25-40(52)36-26-37(31(36)4)46(55)56/h7-10,29-31,34-39,42H,11-28H2,1-6H3,(H,50,54)(H,55,56). The van der Waals surface area contributed by atoms with E-state index in [-0.39, 0.29) is 45.8 Å². The molecule has 8 heteroatoms. The minimum Gasteiger partial charge on any atom is -0.481 e. The van der Waals surface area contributed by atoms with Crippen molar-refractivity contribution in [1.29, 1.82) is 0 Å². The number of rotatable bonds is 11. The van der Waals surface area contributed by atoms with Crippen molar-refractivity contribution in [3.05, 3.63) is 46.5 Å². The number of carboxylic acids is 1. The molecule has 0 aromatic heterocycles. The highest BCUT2D eigenvalue weighted by molar-refractivity contribution is 7.99. The maximum absolute atomic E-state index is 14.0. The van der Waals surface area contributed by atoms with Crippen molar-refractivity contribution in [2.45, 2.75) is 125 Å². The molecule has 8 rings (SSSR count). The van der Waals surface area contributed by atoms with Crippen molar-refractivity contribution in [2.24, 2.45) is 75.4 Å². The van der Waals surface area contributed by atoms with Crippen molar-refractivity contribution in [2.75, 3.05) is 31.1 Å². The van der Waals surface area contributed by atoms with Crippen LogP contribution in [0.1, 0.15) is 135 Å². The number of benzene rings is 1. The van der Waals surface area contributed by atoms with Crippen molar-refractivity contribution in [1.82, 2.24) is 10.2 Å². The number of fused-ring (bicyclic) bond motifs is 7. The fourth-order valence-corrected chi connectivity index (χ4v) is 16.0. The molecule has 1 amide bonds. The molecule has 6 fully saturated rings. The lowest BCUT2D eigenvalue weighted by atomic mass is 9.37. The largest absolute Gasteiger partial charge is 0.481 e. The molecule has 1 aliphatic heterocycles. The number of nitrogens with one attached hydrogen (secondary N) is 1. The number of allylic oxidation sites excluding steroid dienone is 2. The lowest BCUT2D eigenvalue weighted by molar-refractivity contribution is -0.172. The predicted molar refractivity (Wildman–Crippen MR) is 228 cm³/mol. The van der Waals surface area contributed by atoms with Gasteiger partial charge in [0.1, 0.15) is 5.78 Å². The van der Waals surface area contributed by atoms with Gasteiger partial charge < -0.3 is 10.4 Å². The van der Waals surface area contributed by atoms with Gasteiger partial charge in [0.2, 0.25) is 0 Å². The number of carbonyl (C=O) groups is 4. The molecule has 5 saturated carbocycles. The van der Waals surface area contributed by atoms with E-state index in [1.54, 1.807) is 0 Å². The van der Waals surface area contributed by atoms with Crippen LogP contribution in [0.15, 0.2) is 35.4 Å². The van der Waals surface area contributed by atoms with Gasteiger partial charge in [-0.2, -0.15) is 11.8 Å². The molecular formula is C49H70N2O5S. The van der Waals surface area contributed by atoms with Crippen LogP contribution in [-0.4, -0.2) is 64.6 Å². The zero-order valence-electron chi connectivity index (χ0n) is 35.7. The Morgan fingerprint density at radius 3 is 2.26 bits per heavy atom. The first-order chi connectivity index (χ1) is 27.2. The lowest BCUT2D eigenvalue weighted by Gasteiger charge is -2.67. The van der Waals surface area contributed by atoms with E-state index in [0.717, 1.165) is 57.3 Å². The second-order valence-electron chi connectivity index (χ2n) is 21.0. The Bertz CT molecular complexity index is 1770. The molecule has 57 heavy (non-hydrogen) atoms. The summed E-state index contributed by atoms with van der Waals surface area (Å²) in [5.74, 6) is 5.16. The zero-order chi connectivity index (χ0) is 40.4. The molecular weight excluding hydrogens is 729 g/mol. The maximum atomic E-state index is 14.0.